The quantitative estimate of drug-likeness (QED) is 0.478. The molecule has 136 valence electrons. The van der Waals surface area contributed by atoms with Crippen molar-refractivity contribution in [3.05, 3.63) is 87.2 Å². The summed E-state index contributed by atoms with van der Waals surface area (Å²) in [5.74, 6) is 0.552. The molecule has 0 atom stereocenters. The van der Waals surface area contributed by atoms with Crippen molar-refractivity contribution in [1.29, 1.82) is 0 Å². The zero-order valence-corrected chi connectivity index (χ0v) is 16.5. The maximum atomic E-state index is 12.3. The van der Waals surface area contributed by atoms with Crippen LogP contribution in [-0.4, -0.2) is 18.9 Å². The van der Waals surface area contributed by atoms with Crippen LogP contribution in [0.1, 0.15) is 16.8 Å². The predicted molar refractivity (Wildman–Crippen MR) is 109 cm³/mol. The summed E-state index contributed by atoms with van der Waals surface area (Å²) in [4.78, 5) is 21.3. The number of aryl methyl sites for hydroxylation is 2. The average molecular weight is 397 g/mol. The topological polar surface area (TPSA) is 52.2 Å². The fraction of sp³-hybridized carbons (Fsp3) is 0.150. The Bertz CT molecular complexity index is 1200. The smallest absolute Gasteiger partial charge is 0.258 e. The van der Waals surface area contributed by atoms with Crippen molar-refractivity contribution in [2.24, 2.45) is 0 Å². The number of rotatable bonds is 4. The molecule has 1 aromatic carbocycles. The van der Waals surface area contributed by atoms with Crippen molar-refractivity contribution in [1.82, 2.24) is 18.9 Å². The second kappa shape index (κ2) is 7.21. The first kappa shape index (κ1) is 17.8. The molecule has 5 nitrogen and oxygen atoms in total. The third-order valence-corrected chi connectivity index (χ3v) is 5.48. The second-order valence-corrected chi connectivity index (χ2v) is 7.70. The minimum absolute atomic E-state index is 0.143. The Morgan fingerprint density at radius 3 is 2.85 bits per heavy atom. The first-order valence-electron chi connectivity index (χ1n) is 8.43. The van der Waals surface area contributed by atoms with Crippen LogP contribution < -0.4 is 5.56 Å². The zero-order valence-electron chi connectivity index (χ0n) is 14.9. The second-order valence-electron chi connectivity index (χ2n) is 6.32. The number of thioether (sulfide) groups is 1. The Morgan fingerprint density at radius 2 is 2.00 bits per heavy atom. The van der Waals surface area contributed by atoms with Gasteiger partial charge in [0.05, 0.1) is 16.4 Å². The molecule has 3 aromatic heterocycles. The Kier molecular flexibility index (Phi) is 4.76. The van der Waals surface area contributed by atoms with Gasteiger partial charge in [-0.15, -0.1) is 0 Å². The Balaban J connectivity index is 1.63. The normalized spacial score (nSPS) is 11.2. The van der Waals surface area contributed by atoms with Crippen molar-refractivity contribution >= 4 is 29.0 Å². The van der Waals surface area contributed by atoms with Crippen molar-refractivity contribution in [2.75, 3.05) is 0 Å². The van der Waals surface area contributed by atoms with Crippen molar-refractivity contribution in [2.45, 2.75) is 24.8 Å². The Morgan fingerprint density at radius 1 is 1.15 bits per heavy atom. The fourth-order valence-corrected chi connectivity index (χ4v) is 3.92. The summed E-state index contributed by atoms with van der Waals surface area (Å²) in [6, 6.07) is 11.4. The molecular weight excluding hydrogens is 380 g/mol. The van der Waals surface area contributed by atoms with Gasteiger partial charge in [0.1, 0.15) is 5.65 Å². The summed E-state index contributed by atoms with van der Waals surface area (Å²) < 4.78 is 3.52. The van der Waals surface area contributed by atoms with Gasteiger partial charge in [-0.05, 0) is 43.2 Å². The van der Waals surface area contributed by atoms with Crippen LogP contribution in [0.15, 0.2) is 64.9 Å². The Labute approximate surface area is 165 Å². The molecule has 0 radical (unpaired) electrons. The van der Waals surface area contributed by atoms with Gasteiger partial charge >= 0.3 is 0 Å². The maximum Gasteiger partial charge on any atom is 0.258 e. The van der Waals surface area contributed by atoms with Crippen LogP contribution >= 0.6 is 23.4 Å². The van der Waals surface area contributed by atoms with Crippen molar-refractivity contribution in [3.63, 3.8) is 0 Å². The van der Waals surface area contributed by atoms with E-state index in [2.05, 4.69) is 46.6 Å². The number of nitrogens with zero attached hydrogens (tertiary/aromatic N) is 4. The zero-order chi connectivity index (χ0) is 19.0. The van der Waals surface area contributed by atoms with E-state index >= 15 is 0 Å². The molecule has 0 amide bonds. The molecule has 0 aliphatic carbocycles. The highest BCUT2D eigenvalue weighted by molar-refractivity contribution is 7.98. The lowest BCUT2D eigenvalue weighted by Crippen LogP contribution is -2.15. The van der Waals surface area contributed by atoms with Crippen LogP contribution in [0, 0.1) is 13.8 Å². The number of imidazole rings is 1. The third kappa shape index (κ3) is 3.63. The largest absolute Gasteiger partial charge is 0.295 e. The van der Waals surface area contributed by atoms with Crippen molar-refractivity contribution < 1.29 is 0 Å². The van der Waals surface area contributed by atoms with Crippen molar-refractivity contribution in [3.8, 4) is 5.69 Å². The van der Waals surface area contributed by atoms with Gasteiger partial charge in [0.2, 0.25) is 0 Å². The standard InChI is InChI=1S/C20H17ClN4OS/c1-13-3-4-14(2)17(9-13)24-8-7-22-20(24)27-12-16-10-19(26)25-11-15(21)5-6-18(25)23-16/h3-11H,12H2,1-2H3. The molecule has 0 spiro atoms. The molecule has 0 saturated heterocycles. The van der Waals surface area contributed by atoms with Gasteiger partial charge in [0.15, 0.2) is 5.16 Å². The van der Waals surface area contributed by atoms with Crippen LogP contribution in [-0.2, 0) is 5.75 Å². The summed E-state index contributed by atoms with van der Waals surface area (Å²) in [5.41, 5.74) is 4.64. The molecule has 4 aromatic rings. The molecule has 0 aliphatic rings. The number of hydrogen-bond acceptors (Lipinski definition) is 4. The lowest BCUT2D eigenvalue weighted by Gasteiger charge is -2.11. The minimum atomic E-state index is -0.143. The van der Waals surface area contributed by atoms with E-state index in [9.17, 15) is 4.79 Å². The van der Waals surface area contributed by atoms with Crippen LogP contribution in [0.3, 0.4) is 0 Å². The van der Waals surface area contributed by atoms with Gasteiger partial charge in [0.25, 0.3) is 5.56 Å². The van der Waals surface area contributed by atoms with E-state index in [0.29, 0.717) is 22.1 Å². The van der Waals surface area contributed by atoms with Crippen LogP contribution in [0.4, 0.5) is 0 Å². The molecular formula is C20H17ClN4OS. The van der Waals surface area contributed by atoms with Gasteiger partial charge in [-0.3, -0.25) is 13.8 Å². The highest BCUT2D eigenvalue weighted by Crippen LogP contribution is 2.25. The van der Waals surface area contributed by atoms with Crippen LogP contribution in [0.5, 0.6) is 0 Å². The number of halogens is 1. The van der Waals surface area contributed by atoms with Gasteiger partial charge in [-0.2, -0.15) is 0 Å². The minimum Gasteiger partial charge on any atom is -0.295 e. The average Bonchev–Trinajstić information content (AvgIpc) is 3.11. The summed E-state index contributed by atoms with van der Waals surface area (Å²) in [6.45, 7) is 4.16. The molecule has 0 bridgehead atoms. The van der Waals surface area contributed by atoms with Gasteiger partial charge in [0, 0.05) is 30.4 Å². The number of pyridine rings is 1. The molecule has 27 heavy (non-hydrogen) atoms. The molecule has 0 saturated carbocycles. The number of aromatic nitrogens is 4. The van der Waals surface area contributed by atoms with E-state index in [1.54, 1.807) is 42.4 Å². The first-order valence-corrected chi connectivity index (χ1v) is 9.79. The summed E-state index contributed by atoms with van der Waals surface area (Å²) >= 11 is 7.51. The molecule has 0 aliphatic heterocycles. The molecule has 0 unspecified atom stereocenters. The van der Waals surface area contributed by atoms with E-state index < -0.39 is 0 Å². The summed E-state index contributed by atoms with van der Waals surface area (Å²) in [7, 11) is 0. The highest BCUT2D eigenvalue weighted by atomic mass is 35.5. The fourth-order valence-electron chi connectivity index (χ4n) is 2.90. The highest BCUT2D eigenvalue weighted by Gasteiger charge is 2.10. The molecule has 0 N–H and O–H groups in total. The van der Waals surface area contributed by atoms with E-state index in [1.165, 1.54) is 15.5 Å². The third-order valence-electron chi connectivity index (χ3n) is 4.26. The molecule has 7 heteroatoms. The van der Waals surface area contributed by atoms with Gasteiger partial charge < -0.3 is 0 Å². The lowest BCUT2D eigenvalue weighted by atomic mass is 10.1. The van der Waals surface area contributed by atoms with E-state index in [0.717, 1.165) is 10.8 Å². The van der Waals surface area contributed by atoms with E-state index in [-0.39, 0.29) is 5.56 Å². The lowest BCUT2D eigenvalue weighted by molar-refractivity contribution is 0.885. The summed E-state index contributed by atoms with van der Waals surface area (Å²) in [6.07, 6.45) is 5.32. The Hall–Kier alpha value is -2.57. The van der Waals surface area contributed by atoms with E-state index in [4.69, 9.17) is 11.6 Å². The SMILES string of the molecule is Cc1ccc(C)c(-n2ccnc2SCc2cc(=O)n3cc(Cl)ccc3n2)c1. The van der Waals surface area contributed by atoms with Crippen LogP contribution in [0.25, 0.3) is 11.3 Å². The van der Waals surface area contributed by atoms with E-state index in [1.807, 2.05) is 6.20 Å². The number of hydrogen-bond donors (Lipinski definition) is 0. The maximum absolute atomic E-state index is 12.3. The predicted octanol–water partition coefficient (Wildman–Crippen LogP) is 4.44. The van der Waals surface area contributed by atoms with Gasteiger partial charge in [-0.1, -0.05) is 35.5 Å². The molecule has 0 fully saturated rings. The summed E-state index contributed by atoms with van der Waals surface area (Å²) in [5, 5.41) is 1.37. The van der Waals surface area contributed by atoms with Gasteiger partial charge in [-0.25, -0.2) is 9.97 Å². The molecule has 4 rings (SSSR count). The number of benzene rings is 1. The monoisotopic (exact) mass is 396 g/mol. The van der Waals surface area contributed by atoms with Crippen LogP contribution in [0.2, 0.25) is 5.02 Å². The number of fused-ring (bicyclic) bond motifs is 1. The first-order chi connectivity index (χ1) is 13.0. The molecule has 3 heterocycles.